The fourth-order valence-corrected chi connectivity index (χ4v) is 13.7. The lowest BCUT2D eigenvalue weighted by atomic mass is 9.73. The molecule has 0 aromatic heterocycles. The maximum absolute atomic E-state index is 13.1. The first-order valence-corrected chi connectivity index (χ1v) is 42.8. The first kappa shape index (κ1) is 84.0. The minimum absolute atomic E-state index is 0.0103. The lowest BCUT2D eigenvalue weighted by molar-refractivity contribution is -0.132. The van der Waals surface area contributed by atoms with E-state index in [9.17, 15) is 28.8 Å². The van der Waals surface area contributed by atoms with Crippen LogP contribution in [0, 0.1) is 121 Å². The molecule has 0 spiro atoms. The maximum atomic E-state index is 13.1. The molecule has 0 bridgehead atoms. The summed E-state index contributed by atoms with van der Waals surface area (Å²) in [6, 6.07) is 33.5. The third kappa shape index (κ3) is 48.4. The van der Waals surface area contributed by atoms with Crippen LogP contribution < -0.4 is 0 Å². The highest BCUT2D eigenvalue weighted by Crippen LogP contribution is 2.39. The Labute approximate surface area is 741 Å². The fourth-order valence-electron chi connectivity index (χ4n) is 13.7. The minimum Gasteiger partial charge on any atom is -0.299 e. The summed E-state index contributed by atoms with van der Waals surface area (Å²) in [7, 11) is 0. The van der Waals surface area contributed by atoms with E-state index in [2.05, 4.69) is 83.1 Å². The molecule has 7 atom stereocenters. The summed E-state index contributed by atoms with van der Waals surface area (Å²) in [6.45, 7) is 76.6. The van der Waals surface area contributed by atoms with Crippen LogP contribution in [0.4, 0.5) is 0 Å². The fraction of sp³-hybridized carbons (Fsp3) is 0.622. The number of hydrogen-bond donors (Lipinski definition) is 0. The molecule has 0 fully saturated rings. The van der Waals surface area contributed by atoms with Gasteiger partial charge < -0.3 is 0 Å². The summed E-state index contributed by atoms with van der Waals surface area (Å²) in [5.74, 6) is -3.06. The molecule has 0 aliphatic heterocycles. The Morgan fingerprint density at radius 1 is 0.274 bits per heavy atom. The van der Waals surface area contributed by atoms with E-state index in [1.54, 1.807) is 90.9 Å². The number of hydrogen-bond acceptors (Lipinski definition) is 6. The van der Waals surface area contributed by atoms with Gasteiger partial charge in [0.2, 0.25) is 0 Å². The highest BCUT2D eigenvalue weighted by Gasteiger charge is 2.38. The molecule has 0 heterocycles. The van der Waals surface area contributed by atoms with E-state index < -0.39 is 64.7 Å². The smallest absolute Gasteiger partial charge is 0.141 e. The van der Waals surface area contributed by atoms with Gasteiger partial charge in [-0.2, -0.15) is 0 Å². The van der Waals surface area contributed by atoms with Gasteiger partial charge in [0.05, 0.1) is 12.3 Å². The van der Waals surface area contributed by atoms with Crippen LogP contribution in [-0.4, -0.2) is 34.7 Å². The van der Waals surface area contributed by atoms with Gasteiger partial charge in [0.15, 0.2) is 0 Å². The average molecular weight is 1620 g/mol. The van der Waals surface area contributed by atoms with Gasteiger partial charge in [-0.25, -0.2) is 0 Å². The highest BCUT2D eigenvalue weighted by molar-refractivity contribution is 5.89. The van der Waals surface area contributed by atoms with Crippen molar-refractivity contribution in [2.24, 2.45) is 100 Å². The van der Waals surface area contributed by atoms with Crippen molar-refractivity contribution in [1.29, 1.82) is 0 Å². The summed E-state index contributed by atoms with van der Waals surface area (Å²) in [4.78, 5) is 77.1. The molecule has 117 heavy (non-hydrogen) atoms. The molecule has 6 heteroatoms. The van der Waals surface area contributed by atoms with Crippen LogP contribution in [0.2, 0.25) is 0 Å². The molecule has 6 rings (SSSR count). The van der Waals surface area contributed by atoms with Crippen molar-refractivity contribution < 1.29 is 49.3 Å². The van der Waals surface area contributed by atoms with Crippen molar-refractivity contribution in [2.45, 2.75) is 347 Å². The Hall–Kier alpha value is -6.66. The van der Waals surface area contributed by atoms with Crippen molar-refractivity contribution in [3.63, 3.8) is 0 Å². The lowest BCUT2D eigenvalue weighted by Gasteiger charge is -2.30. The predicted octanol–water partition coefficient (Wildman–Crippen LogP) is 30.3. The van der Waals surface area contributed by atoms with E-state index in [0.29, 0.717) is 72.1 Å². The molecule has 0 aliphatic rings. The molecule has 0 amide bonds. The number of carbonyl (C=O) groups excluding carboxylic acids is 6. The van der Waals surface area contributed by atoms with E-state index in [1.165, 1.54) is 6.92 Å². The number of Topliss-reactive ketones (excluding diaryl/α,β-unsaturated/α-hetero) is 6. The SMILES string of the molecule is [2H]C([2H])(c1ccccc1)[C@]([2H])(CC(C)(C)C)C(=O)C(C)(C)C.[2H][C@@H](c1ccccc1)[C@H](CC(C)(C)C)C(=O)C(C)(C)C.[2H]c1c([2H])c(C)c([2H])c(C([2H])([2H])[C@H](CC(C)(C)C)C(=O)C(C)(C)C)c1[2H].[2H]c1cc(C)c([2H])c(C[C@H](CC(C)(C)C)C(=O)C(C)(C)C)c1[2H].[2H]c1ccc(C)cc1C[C@H](CC(C)(C)C)C(=O)C(C)(C)C.[2H]c1ccccc1C[C@H](CC(C)(C)C)C(=O)C(C)(C)C. The van der Waals surface area contributed by atoms with Gasteiger partial charge in [-0.1, -0.05) is 430 Å². The second-order valence-corrected chi connectivity index (χ2v) is 46.2. The zero-order chi connectivity index (χ0) is 104. The first-order chi connectivity index (χ1) is 58.8. The van der Waals surface area contributed by atoms with Gasteiger partial charge in [0.1, 0.15) is 34.7 Å². The van der Waals surface area contributed by atoms with Crippen LogP contribution >= 0.6 is 0 Å². The largest absolute Gasteiger partial charge is 0.299 e. The maximum Gasteiger partial charge on any atom is 0.141 e. The van der Waals surface area contributed by atoms with Crippen LogP contribution in [0.1, 0.15) is 358 Å². The van der Waals surface area contributed by atoms with Crippen molar-refractivity contribution in [3.05, 3.63) is 214 Å². The van der Waals surface area contributed by atoms with Gasteiger partial charge in [0, 0.05) is 76.2 Å². The van der Waals surface area contributed by atoms with Gasteiger partial charge in [-0.05, 0) is 164 Å². The van der Waals surface area contributed by atoms with Gasteiger partial charge in [-0.15, -0.1) is 0 Å². The Morgan fingerprint density at radius 2 is 0.590 bits per heavy atom. The van der Waals surface area contributed by atoms with E-state index in [-0.39, 0.29) is 138 Å². The third-order valence-corrected chi connectivity index (χ3v) is 18.7. The summed E-state index contributed by atoms with van der Waals surface area (Å²) in [6.07, 6.45) is 0.499. The number of aryl methyl sites for hydroxylation is 2. The zero-order valence-corrected chi connectivity index (χ0v) is 81.2. The van der Waals surface area contributed by atoms with Gasteiger partial charge >= 0.3 is 0 Å². The number of carbonyl (C=O) groups is 6. The average Bonchev–Trinajstić information content (AvgIpc) is 0.746. The minimum atomic E-state index is -2.28. The summed E-state index contributed by atoms with van der Waals surface area (Å²) in [5.41, 5.74) is 2.08. The summed E-state index contributed by atoms with van der Waals surface area (Å²) < 4.78 is 125. The molecule has 0 aliphatic carbocycles. The third-order valence-electron chi connectivity index (χ3n) is 18.7. The molecular weight excluding hydrogens is 1430 g/mol. The van der Waals surface area contributed by atoms with E-state index in [0.717, 1.165) is 41.5 Å². The number of benzene rings is 6. The second kappa shape index (κ2) is 45.8. The Morgan fingerprint density at radius 3 is 0.983 bits per heavy atom. The molecule has 0 saturated carbocycles. The topological polar surface area (TPSA) is 102 Å². The lowest BCUT2D eigenvalue weighted by Crippen LogP contribution is -2.32. The number of rotatable bonds is 24. The standard InChI is InChI=1S/3C19H30O.3C18H28O/c3*1-14-9-8-10-15(11-14)12-16(13-18(2,3)4)17(20)19(5,6)7;3*1-17(2,3)13-15(16(19)18(4,5)6)12-14-10-8-7-9-11-14/h3*8-11,16H,12-13H2,1-7H3;3*7-11,15H,12-13H2,1-6H3/t3*16-;3*15-/m111111/s1/i8D,9D,10D,11D,12D2;8D,10D,11D;10D;12D2,15D;12D;10D/t4m;12-,15+;m/m111101. The molecule has 0 saturated heterocycles. The zero-order valence-electron chi connectivity index (χ0n) is 96.2. The highest BCUT2D eigenvalue weighted by atomic mass is 16.1. The first-order valence-electron chi connectivity index (χ1n) is 50.4. The molecule has 0 radical (unpaired) electrons. The van der Waals surface area contributed by atoms with Crippen LogP contribution in [0.15, 0.2) is 164 Å². The van der Waals surface area contributed by atoms with E-state index in [4.69, 9.17) is 20.6 Å². The molecule has 0 N–H and O–H groups in total. The second-order valence-electron chi connectivity index (χ2n) is 46.2. The summed E-state index contributed by atoms with van der Waals surface area (Å²) >= 11 is 0. The Balaban J connectivity index is 0.000000794. The molecule has 6 nitrogen and oxygen atoms in total. The summed E-state index contributed by atoms with van der Waals surface area (Å²) in [5, 5.41) is 0. The van der Waals surface area contributed by atoms with Crippen LogP contribution in [-0.2, 0) is 67.2 Å². The normalized spacial score (nSPS) is 16.8. The van der Waals surface area contributed by atoms with Gasteiger partial charge in [-0.3, -0.25) is 28.8 Å². The quantitative estimate of drug-likeness (QED) is 0.0598. The van der Waals surface area contributed by atoms with Crippen LogP contribution in [0.25, 0.3) is 0 Å². The molecule has 0 unspecified atom stereocenters. The van der Waals surface area contributed by atoms with Crippen molar-refractivity contribution >= 4 is 34.7 Å². The molecule has 6 aromatic carbocycles. The van der Waals surface area contributed by atoms with E-state index in [1.807, 2.05) is 198 Å². The predicted molar refractivity (Wildman–Crippen MR) is 507 cm³/mol. The Bertz CT molecular complexity index is 4730. The van der Waals surface area contributed by atoms with Crippen molar-refractivity contribution in [3.8, 4) is 0 Å². The van der Waals surface area contributed by atoms with Crippen molar-refractivity contribution in [1.82, 2.24) is 0 Å². The Kier molecular flexibility index (Phi) is 32.9. The molecule has 654 valence electrons. The van der Waals surface area contributed by atoms with Crippen molar-refractivity contribution in [2.75, 3.05) is 0 Å². The number of ketones is 6. The van der Waals surface area contributed by atoms with E-state index >= 15 is 0 Å². The van der Waals surface area contributed by atoms with Crippen LogP contribution in [0.3, 0.4) is 0 Å². The molecular formula is C111H174O6. The van der Waals surface area contributed by atoms with Gasteiger partial charge in [0.25, 0.3) is 0 Å². The van der Waals surface area contributed by atoms with Crippen LogP contribution in [0.5, 0.6) is 0 Å². The monoisotopic (exact) mass is 1620 g/mol. The molecule has 6 aromatic rings.